The van der Waals surface area contributed by atoms with Gasteiger partial charge in [-0.15, -0.1) is 0 Å². The first-order chi connectivity index (χ1) is 14.9. The molecule has 0 aliphatic carbocycles. The highest BCUT2D eigenvalue weighted by Crippen LogP contribution is 2.35. The van der Waals surface area contributed by atoms with Crippen LogP contribution in [0.15, 0.2) is 23.3 Å². The van der Waals surface area contributed by atoms with E-state index in [1.54, 1.807) is 19.9 Å². The Morgan fingerprint density at radius 1 is 1.31 bits per heavy atom. The zero-order chi connectivity index (χ0) is 24.3. The first-order valence-corrected chi connectivity index (χ1v) is 10.8. The van der Waals surface area contributed by atoms with Crippen molar-refractivity contribution in [3.05, 3.63) is 23.3 Å². The molecule has 0 spiro atoms. The van der Waals surface area contributed by atoms with Crippen molar-refractivity contribution >= 4 is 17.9 Å². The summed E-state index contributed by atoms with van der Waals surface area (Å²) in [4.78, 5) is 39.0. The fourth-order valence-corrected chi connectivity index (χ4v) is 4.24. The van der Waals surface area contributed by atoms with Crippen LogP contribution in [0.5, 0.6) is 0 Å². The van der Waals surface area contributed by atoms with E-state index < -0.39 is 29.2 Å². The topological polar surface area (TPSA) is 112 Å². The second kappa shape index (κ2) is 10.1. The van der Waals surface area contributed by atoms with Crippen LogP contribution in [0.3, 0.4) is 0 Å². The van der Waals surface area contributed by atoms with Crippen molar-refractivity contribution in [2.24, 2.45) is 0 Å². The second-order valence-electron chi connectivity index (χ2n) is 8.75. The minimum Gasteiger partial charge on any atom is -0.459 e. The van der Waals surface area contributed by atoms with Gasteiger partial charge in [0, 0.05) is 32.7 Å². The summed E-state index contributed by atoms with van der Waals surface area (Å²) in [5.74, 6) is -1.98. The van der Waals surface area contributed by atoms with Crippen LogP contribution in [0.4, 0.5) is 0 Å². The number of rotatable bonds is 9. The molecule has 1 fully saturated rings. The molecule has 0 amide bonds. The number of aliphatic hydroxyl groups is 1. The van der Waals surface area contributed by atoms with Gasteiger partial charge in [-0.2, -0.15) is 0 Å². The number of carbonyl (C=O) groups excluding carboxylic acids is 3. The van der Waals surface area contributed by atoms with E-state index in [1.807, 2.05) is 6.08 Å². The molecule has 2 rings (SSSR count). The summed E-state index contributed by atoms with van der Waals surface area (Å²) in [6.07, 6.45) is 2.96. The maximum Gasteiger partial charge on any atom is 0.345 e. The van der Waals surface area contributed by atoms with Crippen molar-refractivity contribution in [2.75, 3.05) is 26.8 Å². The average Bonchev–Trinajstić information content (AvgIpc) is 3.31. The first kappa shape index (κ1) is 26.0. The molecule has 180 valence electrons. The van der Waals surface area contributed by atoms with Crippen LogP contribution >= 0.6 is 0 Å². The number of allylic oxidation sites excluding steroid dienone is 1. The smallest absolute Gasteiger partial charge is 0.345 e. The van der Waals surface area contributed by atoms with Crippen LogP contribution in [0.25, 0.3) is 0 Å². The molecule has 0 saturated carbocycles. The molecule has 32 heavy (non-hydrogen) atoms. The number of carbonyl (C=O) groups is 3. The SMILES string of the molecule is C/C=C(/C)C(=O)O[C@H]1CCN2CC=C(COC(=O)[C@@](O)([C@H](C)OC)C(C)(C)OC(C)=O)[C@H]12. The molecule has 0 aromatic heterocycles. The number of nitrogens with zero attached hydrogens (tertiary/aromatic N) is 1. The van der Waals surface area contributed by atoms with E-state index in [1.165, 1.54) is 34.8 Å². The summed E-state index contributed by atoms with van der Waals surface area (Å²) in [6.45, 7) is 10.4. The lowest BCUT2D eigenvalue weighted by molar-refractivity contribution is -0.226. The minimum absolute atomic E-state index is 0.0917. The van der Waals surface area contributed by atoms with E-state index in [0.717, 1.165) is 12.1 Å². The monoisotopic (exact) mass is 453 g/mol. The molecule has 4 atom stereocenters. The van der Waals surface area contributed by atoms with Gasteiger partial charge >= 0.3 is 17.9 Å². The zero-order valence-electron chi connectivity index (χ0n) is 20.0. The molecule has 9 nitrogen and oxygen atoms in total. The Bertz CT molecular complexity index is 802. The van der Waals surface area contributed by atoms with Crippen molar-refractivity contribution < 1.29 is 38.4 Å². The van der Waals surface area contributed by atoms with Crippen molar-refractivity contribution in [3.63, 3.8) is 0 Å². The molecule has 0 aromatic rings. The quantitative estimate of drug-likeness (QED) is 0.240. The second-order valence-corrected chi connectivity index (χ2v) is 8.75. The van der Waals surface area contributed by atoms with Gasteiger partial charge in [-0.05, 0) is 46.6 Å². The number of ether oxygens (including phenoxy) is 4. The number of hydrogen-bond donors (Lipinski definition) is 1. The van der Waals surface area contributed by atoms with Crippen molar-refractivity contribution in [3.8, 4) is 0 Å². The van der Waals surface area contributed by atoms with E-state index >= 15 is 0 Å². The molecule has 9 heteroatoms. The summed E-state index contributed by atoms with van der Waals surface area (Å²) in [5, 5.41) is 11.3. The first-order valence-electron chi connectivity index (χ1n) is 10.8. The predicted octanol–water partition coefficient (Wildman–Crippen LogP) is 1.53. The molecule has 1 N–H and O–H groups in total. The van der Waals surface area contributed by atoms with Gasteiger partial charge in [0.15, 0.2) is 0 Å². The Hall–Kier alpha value is -2.23. The maximum atomic E-state index is 13.1. The molecule has 2 heterocycles. The fourth-order valence-electron chi connectivity index (χ4n) is 4.24. The van der Waals surface area contributed by atoms with Gasteiger partial charge in [-0.25, -0.2) is 9.59 Å². The lowest BCUT2D eigenvalue weighted by Crippen LogP contribution is -2.65. The summed E-state index contributed by atoms with van der Waals surface area (Å²) in [6, 6.07) is -0.189. The third-order valence-electron chi connectivity index (χ3n) is 6.37. The van der Waals surface area contributed by atoms with Crippen LogP contribution in [-0.2, 0) is 33.3 Å². The number of fused-ring (bicyclic) bond motifs is 1. The lowest BCUT2D eigenvalue weighted by Gasteiger charge is -2.42. The highest BCUT2D eigenvalue weighted by molar-refractivity contribution is 5.87. The molecule has 0 unspecified atom stereocenters. The Kier molecular flexibility index (Phi) is 8.25. The van der Waals surface area contributed by atoms with E-state index in [-0.39, 0.29) is 24.7 Å². The van der Waals surface area contributed by atoms with Gasteiger partial charge in [0.05, 0.1) is 12.1 Å². The van der Waals surface area contributed by atoms with Gasteiger partial charge in [-0.1, -0.05) is 12.2 Å². The van der Waals surface area contributed by atoms with E-state index in [9.17, 15) is 19.5 Å². The molecule has 0 aromatic carbocycles. The molecule has 0 radical (unpaired) electrons. The fraction of sp³-hybridized carbons (Fsp3) is 0.696. The molecule has 1 saturated heterocycles. The third-order valence-corrected chi connectivity index (χ3v) is 6.37. The van der Waals surface area contributed by atoms with E-state index in [0.29, 0.717) is 18.5 Å². The highest BCUT2D eigenvalue weighted by atomic mass is 16.6. The summed E-state index contributed by atoms with van der Waals surface area (Å²) < 4.78 is 21.6. The Balaban J connectivity index is 2.14. The van der Waals surface area contributed by atoms with Gasteiger partial charge in [0.2, 0.25) is 5.60 Å². The van der Waals surface area contributed by atoms with Crippen LogP contribution in [-0.4, -0.2) is 84.2 Å². The molecule has 2 aliphatic rings. The standard InChI is InChI=1S/C23H35NO8/c1-8-14(2)20(26)31-18-10-12-24-11-9-17(19(18)24)13-30-21(27)23(28,15(3)29-7)22(5,6)32-16(4)25/h8-9,15,18-19,28H,10-13H2,1-7H3/b14-8-/t15-,18-,19+,23-/m0/s1. The Labute approximate surface area is 189 Å². The summed E-state index contributed by atoms with van der Waals surface area (Å²) >= 11 is 0. The van der Waals surface area contributed by atoms with Crippen LogP contribution in [0, 0.1) is 0 Å². The van der Waals surface area contributed by atoms with Crippen molar-refractivity contribution in [2.45, 2.75) is 77.4 Å². The van der Waals surface area contributed by atoms with Gasteiger partial charge in [-0.3, -0.25) is 9.69 Å². The van der Waals surface area contributed by atoms with Crippen molar-refractivity contribution in [1.29, 1.82) is 0 Å². The summed E-state index contributed by atoms with van der Waals surface area (Å²) in [7, 11) is 1.34. The Morgan fingerprint density at radius 3 is 2.53 bits per heavy atom. The third kappa shape index (κ3) is 5.05. The summed E-state index contributed by atoms with van der Waals surface area (Å²) in [5.41, 5.74) is -2.51. The van der Waals surface area contributed by atoms with Gasteiger partial charge < -0.3 is 24.1 Å². The van der Waals surface area contributed by atoms with Gasteiger partial charge in [0.25, 0.3) is 0 Å². The number of methoxy groups -OCH3 is 1. The van der Waals surface area contributed by atoms with Crippen LogP contribution in [0.1, 0.15) is 48.0 Å². The highest BCUT2D eigenvalue weighted by Gasteiger charge is 2.58. The largest absolute Gasteiger partial charge is 0.459 e. The molecule has 2 aliphatic heterocycles. The van der Waals surface area contributed by atoms with Gasteiger partial charge in [0.1, 0.15) is 18.3 Å². The van der Waals surface area contributed by atoms with Crippen LogP contribution in [0.2, 0.25) is 0 Å². The predicted molar refractivity (Wildman–Crippen MR) is 116 cm³/mol. The lowest BCUT2D eigenvalue weighted by atomic mass is 9.81. The average molecular weight is 454 g/mol. The van der Waals surface area contributed by atoms with E-state index in [4.69, 9.17) is 18.9 Å². The number of esters is 3. The van der Waals surface area contributed by atoms with Crippen LogP contribution < -0.4 is 0 Å². The molecular formula is C23H35NO8. The molecule has 0 bridgehead atoms. The van der Waals surface area contributed by atoms with E-state index in [2.05, 4.69) is 4.90 Å². The maximum absolute atomic E-state index is 13.1. The zero-order valence-corrected chi connectivity index (χ0v) is 20.0. The Morgan fingerprint density at radius 2 is 1.97 bits per heavy atom. The normalized spacial score (nSPS) is 24.2. The number of hydrogen-bond acceptors (Lipinski definition) is 9. The van der Waals surface area contributed by atoms with Crippen molar-refractivity contribution in [1.82, 2.24) is 4.90 Å². The minimum atomic E-state index is -2.24. The molecular weight excluding hydrogens is 418 g/mol.